The molecule has 0 aromatic carbocycles. The van der Waals surface area contributed by atoms with Gasteiger partial charge in [0.15, 0.2) is 0 Å². The van der Waals surface area contributed by atoms with Crippen molar-refractivity contribution < 1.29 is 9.59 Å². The number of carbonyl (C=O) groups is 2. The fraction of sp³-hybridized carbons (Fsp3) is 0.667. The Bertz CT molecular complexity index is 482. The van der Waals surface area contributed by atoms with E-state index in [1.807, 2.05) is 20.8 Å². The molecule has 1 fully saturated rings. The Morgan fingerprint density at radius 2 is 2.26 bits per heavy atom. The van der Waals surface area contributed by atoms with Gasteiger partial charge in [0.1, 0.15) is 11.9 Å². The molecule has 1 atom stereocenters. The Balaban J connectivity index is 2.19. The minimum Gasteiger partial charge on any atom is -0.353 e. The van der Waals surface area contributed by atoms with Crippen molar-refractivity contribution in [2.45, 2.75) is 39.2 Å². The third kappa shape index (κ3) is 2.59. The summed E-state index contributed by atoms with van der Waals surface area (Å²) in [5.74, 6) is 0.599. The number of nitrogens with zero attached hydrogens (tertiary/aromatic N) is 3. The van der Waals surface area contributed by atoms with Crippen LogP contribution < -0.4 is 5.32 Å². The van der Waals surface area contributed by atoms with E-state index in [-0.39, 0.29) is 23.6 Å². The van der Waals surface area contributed by atoms with E-state index in [4.69, 9.17) is 0 Å². The number of amides is 2. The SMILES string of the molecule is CCC1C(=O)NCCN1C(=O)c1n[nH]c(C(C)C)n1. The van der Waals surface area contributed by atoms with Crippen LogP contribution in [-0.2, 0) is 4.79 Å². The van der Waals surface area contributed by atoms with Crippen molar-refractivity contribution >= 4 is 11.8 Å². The average molecular weight is 265 g/mol. The minimum absolute atomic E-state index is 0.110. The smallest absolute Gasteiger partial charge is 0.294 e. The lowest BCUT2D eigenvalue weighted by Gasteiger charge is -2.33. The molecule has 1 aromatic heterocycles. The Hall–Kier alpha value is -1.92. The fourth-order valence-electron chi connectivity index (χ4n) is 2.12. The van der Waals surface area contributed by atoms with E-state index < -0.39 is 6.04 Å². The standard InChI is InChI=1S/C12H19N5O2/c1-4-8-11(18)13-5-6-17(8)12(19)10-14-9(7(2)3)15-16-10/h7-8H,4-6H2,1-3H3,(H,13,18)(H,14,15,16). The summed E-state index contributed by atoms with van der Waals surface area (Å²) in [6.07, 6.45) is 0.582. The summed E-state index contributed by atoms with van der Waals surface area (Å²) >= 11 is 0. The van der Waals surface area contributed by atoms with E-state index in [1.165, 1.54) is 0 Å². The van der Waals surface area contributed by atoms with Gasteiger partial charge in [-0.25, -0.2) is 4.98 Å². The highest BCUT2D eigenvalue weighted by Crippen LogP contribution is 2.13. The highest BCUT2D eigenvalue weighted by atomic mass is 16.2. The number of rotatable bonds is 3. The Kier molecular flexibility index (Phi) is 3.82. The Morgan fingerprint density at radius 3 is 2.84 bits per heavy atom. The normalized spacial score (nSPS) is 19.7. The average Bonchev–Trinajstić information content (AvgIpc) is 2.87. The lowest BCUT2D eigenvalue weighted by molar-refractivity contribution is -0.127. The van der Waals surface area contributed by atoms with Crippen molar-refractivity contribution in [3.05, 3.63) is 11.6 Å². The highest BCUT2D eigenvalue weighted by molar-refractivity contribution is 5.95. The summed E-state index contributed by atoms with van der Waals surface area (Å²) in [7, 11) is 0. The van der Waals surface area contributed by atoms with Crippen LogP contribution in [0, 0.1) is 0 Å². The van der Waals surface area contributed by atoms with E-state index in [9.17, 15) is 9.59 Å². The van der Waals surface area contributed by atoms with Crippen LogP contribution in [-0.4, -0.2) is 51.0 Å². The first-order chi connectivity index (χ1) is 9.04. The van der Waals surface area contributed by atoms with Crippen molar-refractivity contribution in [1.29, 1.82) is 0 Å². The van der Waals surface area contributed by atoms with Crippen LogP contribution in [0.3, 0.4) is 0 Å². The number of aromatic amines is 1. The molecule has 7 heteroatoms. The van der Waals surface area contributed by atoms with E-state index in [1.54, 1.807) is 4.90 Å². The molecule has 2 heterocycles. The van der Waals surface area contributed by atoms with Gasteiger partial charge in [-0.1, -0.05) is 20.8 Å². The minimum atomic E-state index is -0.428. The molecule has 1 aliphatic rings. The second-order valence-corrected chi connectivity index (χ2v) is 4.91. The first-order valence-corrected chi connectivity index (χ1v) is 6.55. The molecule has 0 bridgehead atoms. The summed E-state index contributed by atoms with van der Waals surface area (Å²) in [4.78, 5) is 29.8. The number of hydrogen-bond acceptors (Lipinski definition) is 4. The Labute approximate surface area is 111 Å². The summed E-state index contributed by atoms with van der Waals surface area (Å²) < 4.78 is 0. The lowest BCUT2D eigenvalue weighted by Crippen LogP contribution is -2.57. The van der Waals surface area contributed by atoms with E-state index in [0.717, 1.165) is 0 Å². The molecule has 1 aromatic rings. The van der Waals surface area contributed by atoms with Gasteiger partial charge in [-0.3, -0.25) is 14.7 Å². The fourth-order valence-corrected chi connectivity index (χ4v) is 2.12. The maximum Gasteiger partial charge on any atom is 0.294 e. The van der Waals surface area contributed by atoms with Crippen LogP contribution in [0.1, 0.15) is 49.6 Å². The number of H-pyrrole nitrogens is 1. The third-order valence-corrected chi connectivity index (χ3v) is 3.22. The Morgan fingerprint density at radius 1 is 1.53 bits per heavy atom. The van der Waals surface area contributed by atoms with Gasteiger partial charge in [-0.15, -0.1) is 5.10 Å². The first kappa shape index (κ1) is 13.5. The summed E-state index contributed by atoms with van der Waals surface area (Å²) in [6, 6.07) is -0.428. The first-order valence-electron chi connectivity index (χ1n) is 6.55. The van der Waals surface area contributed by atoms with Crippen LogP contribution in [0.25, 0.3) is 0 Å². The van der Waals surface area contributed by atoms with Crippen molar-refractivity contribution in [3.8, 4) is 0 Å². The van der Waals surface area contributed by atoms with E-state index in [2.05, 4.69) is 20.5 Å². The largest absolute Gasteiger partial charge is 0.353 e. The zero-order valence-electron chi connectivity index (χ0n) is 11.4. The van der Waals surface area contributed by atoms with Gasteiger partial charge in [0.2, 0.25) is 11.7 Å². The molecule has 2 amide bonds. The number of aromatic nitrogens is 3. The monoisotopic (exact) mass is 265 g/mol. The molecule has 0 spiro atoms. The molecule has 1 unspecified atom stereocenters. The molecular weight excluding hydrogens is 246 g/mol. The zero-order chi connectivity index (χ0) is 14.0. The summed E-state index contributed by atoms with van der Waals surface area (Å²) in [5, 5.41) is 9.47. The topological polar surface area (TPSA) is 91.0 Å². The summed E-state index contributed by atoms with van der Waals surface area (Å²) in [5.41, 5.74) is 0. The molecule has 2 rings (SSSR count). The number of carbonyl (C=O) groups excluding carboxylic acids is 2. The van der Waals surface area contributed by atoms with Gasteiger partial charge in [0.25, 0.3) is 5.91 Å². The molecule has 7 nitrogen and oxygen atoms in total. The van der Waals surface area contributed by atoms with Crippen molar-refractivity contribution in [2.75, 3.05) is 13.1 Å². The van der Waals surface area contributed by atoms with Crippen LogP contribution in [0.15, 0.2) is 0 Å². The van der Waals surface area contributed by atoms with Gasteiger partial charge in [-0.2, -0.15) is 0 Å². The van der Waals surface area contributed by atoms with Crippen LogP contribution >= 0.6 is 0 Å². The number of piperazine rings is 1. The second-order valence-electron chi connectivity index (χ2n) is 4.91. The van der Waals surface area contributed by atoms with Crippen LogP contribution in [0.5, 0.6) is 0 Å². The molecule has 19 heavy (non-hydrogen) atoms. The quantitative estimate of drug-likeness (QED) is 0.821. The van der Waals surface area contributed by atoms with E-state index >= 15 is 0 Å². The van der Waals surface area contributed by atoms with Gasteiger partial charge < -0.3 is 10.2 Å². The number of nitrogens with one attached hydrogen (secondary N) is 2. The van der Waals surface area contributed by atoms with Crippen LogP contribution in [0.4, 0.5) is 0 Å². The second kappa shape index (κ2) is 5.38. The van der Waals surface area contributed by atoms with Gasteiger partial charge in [0.05, 0.1) is 0 Å². The molecule has 1 saturated heterocycles. The lowest BCUT2D eigenvalue weighted by atomic mass is 10.1. The van der Waals surface area contributed by atoms with E-state index in [0.29, 0.717) is 25.3 Å². The molecule has 0 aliphatic carbocycles. The molecule has 0 radical (unpaired) electrons. The highest BCUT2D eigenvalue weighted by Gasteiger charge is 2.33. The maximum atomic E-state index is 12.4. The third-order valence-electron chi connectivity index (χ3n) is 3.22. The van der Waals surface area contributed by atoms with Crippen LogP contribution in [0.2, 0.25) is 0 Å². The predicted molar refractivity (Wildman–Crippen MR) is 68.6 cm³/mol. The predicted octanol–water partition coefficient (Wildman–Crippen LogP) is 0.279. The van der Waals surface area contributed by atoms with Gasteiger partial charge >= 0.3 is 0 Å². The maximum absolute atomic E-state index is 12.4. The van der Waals surface area contributed by atoms with Crippen molar-refractivity contribution in [3.63, 3.8) is 0 Å². The molecule has 2 N–H and O–H groups in total. The molecular formula is C12H19N5O2. The molecule has 104 valence electrons. The zero-order valence-corrected chi connectivity index (χ0v) is 11.4. The van der Waals surface area contributed by atoms with Crippen molar-refractivity contribution in [2.24, 2.45) is 0 Å². The molecule has 1 aliphatic heterocycles. The summed E-state index contributed by atoms with van der Waals surface area (Å²) in [6.45, 7) is 6.79. The van der Waals surface area contributed by atoms with Gasteiger partial charge in [-0.05, 0) is 6.42 Å². The van der Waals surface area contributed by atoms with Crippen molar-refractivity contribution in [1.82, 2.24) is 25.4 Å². The molecule has 0 saturated carbocycles. The number of hydrogen-bond donors (Lipinski definition) is 2. The van der Waals surface area contributed by atoms with Gasteiger partial charge in [0, 0.05) is 19.0 Å².